The molecule has 96 valence electrons. The van der Waals surface area contributed by atoms with Crippen molar-refractivity contribution in [3.8, 4) is 0 Å². The number of nitrogens with zero attached hydrogens (tertiary/aromatic N) is 2. The van der Waals surface area contributed by atoms with Gasteiger partial charge in [0, 0.05) is 6.42 Å². The third-order valence-corrected chi connectivity index (χ3v) is 3.10. The molecule has 1 atom stereocenters. The molecule has 1 unspecified atom stereocenters. The summed E-state index contributed by atoms with van der Waals surface area (Å²) in [6.07, 6.45) is 1.34. The molecule has 0 aliphatic carbocycles. The number of hydrogen-bond acceptors (Lipinski definition) is 7. The lowest BCUT2D eigenvalue weighted by molar-refractivity contribution is -0.142. The fourth-order valence-electron chi connectivity index (χ4n) is 1.13. The smallest absolute Gasteiger partial charge is 0.322 e. The standard InChI is InChI=1S/C10H17N3O3S/c1-3-8-12-9(16-13-8)6-17-5-4-7(11)10(14)15-2/h7H,3-6,11H2,1-2H3. The first-order valence-corrected chi connectivity index (χ1v) is 6.55. The van der Waals surface area contributed by atoms with Gasteiger partial charge in [-0.2, -0.15) is 16.7 Å². The van der Waals surface area contributed by atoms with Gasteiger partial charge in [0.25, 0.3) is 0 Å². The SMILES string of the molecule is CCc1noc(CSCCC(N)C(=O)OC)n1. The summed E-state index contributed by atoms with van der Waals surface area (Å²) in [5.74, 6) is 2.34. The highest BCUT2D eigenvalue weighted by atomic mass is 32.2. The highest BCUT2D eigenvalue weighted by molar-refractivity contribution is 7.98. The maximum atomic E-state index is 11.0. The third kappa shape index (κ3) is 4.74. The molecule has 0 spiro atoms. The first kappa shape index (κ1) is 14.0. The Labute approximate surface area is 104 Å². The Balaban J connectivity index is 2.17. The van der Waals surface area contributed by atoms with Crippen LogP contribution >= 0.6 is 11.8 Å². The van der Waals surface area contributed by atoms with Gasteiger partial charge in [-0.1, -0.05) is 12.1 Å². The molecule has 0 fully saturated rings. The van der Waals surface area contributed by atoms with Gasteiger partial charge in [0.2, 0.25) is 5.89 Å². The molecule has 2 N–H and O–H groups in total. The zero-order valence-corrected chi connectivity index (χ0v) is 10.8. The largest absolute Gasteiger partial charge is 0.468 e. The van der Waals surface area contributed by atoms with E-state index in [0.717, 1.165) is 12.2 Å². The number of hydrogen-bond donors (Lipinski definition) is 1. The van der Waals surface area contributed by atoms with Crippen LogP contribution in [0, 0.1) is 0 Å². The van der Waals surface area contributed by atoms with Crippen molar-refractivity contribution in [2.24, 2.45) is 5.73 Å². The number of thioether (sulfide) groups is 1. The van der Waals surface area contributed by atoms with Gasteiger partial charge in [-0.3, -0.25) is 4.79 Å². The minimum atomic E-state index is -0.554. The highest BCUT2D eigenvalue weighted by Gasteiger charge is 2.13. The van der Waals surface area contributed by atoms with Crippen LogP contribution in [0.3, 0.4) is 0 Å². The van der Waals surface area contributed by atoms with E-state index in [1.807, 2.05) is 6.92 Å². The second-order valence-electron chi connectivity index (χ2n) is 3.43. The van der Waals surface area contributed by atoms with Gasteiger partial charge in [-0.05, 0) is 12.2 Å². The average molecular weight is 259 g/mol. The second kappa shape index (κ2) is 7.29. The summed E-state index contributed by atoms with van der Waals surface area (Å²) in [6.45, 7) is 1.97. The van der Waals surface area contributed by atoms with Crippen LogP contribution in [0.2, 0.25) is 0 Å². The Bertz CT molecular complexity index is 356. The molecule has 1 aromatic heterocycles. The number of ether oxygens (including phenoxy) is 1. The molecule has 0 aromatic carbocycles. The molecule has 0 amide bonds. The Morgan fingerprint density at radius 1 is 1.65 bits per heavy atom. The number of aromatic nitrogens is 2. The molecule has 1 rings (SSSR count). The lowest BCUT2D eigenvalue weighted by atomic mass is 10.2. The molecule has 0 saturated carbocycles. The molecule has 17 heavy (non-hydrogen) atoms. The fraction of sp³-hybridized carbons (Fsp3) is 0.700. The van der Waals surface area contributed by atoms with Gasteiger partial charge < -0.3 is 15.0 Å². The first-order valence-electron chi connectivity index (χ1n) is 5.40. The van der Waals surface area contributed by atoms with Gasteiger partial charge in [0.1, 0.15) is 6.04 Å². The predicted molar refractivity (Wildman–Crippen MR) is 64.4 cm³/mol. The summed E-state index contributed by atoms with van der Waals surface area (Å²) in [5, 5.41) is 3.79. The van der Waals surface area contributed by atoms with E-state index in [9.17, 15) is 4.79 Å². The van der Waals surface area contributed by atoms with E-state index in [1.54, 1.807) is 11.8 Å². The second-order valence-corrected chi connectivity index (χ2v) is 4.53. The topological polar surface area (TPSA) is 91.2 Å². The minimum Gasteiger partial charge on any atom is -0.468 e. The molecule has 0 bridgehead atoms. The Kier molecular flexibility index (Phi) is 5.99. The zero-order chi connectivity index (χ0) is 12.7. The first-order chi connectivity index (χ1) is 8.17. The van der Waals surface area contributed by atoms with Gasteiger partial charge in [-0.15, -0.1) is 0 Å². The number of nitrogens with two attached hydrogens (primary N) is 1. The van der Waals surface area contributed by atoms with E-state index < -0.39 is 6.04 Å². The van der Waals surface area contributed by atoms with Crippen molar-refractivity contribution in [3.05, 3.63) is 11.7 Å². The Morgan fingerprint density at radius 2 is 2.41 bits per heavy atom. The molecule has 1 aromatic rings. The zero-order valence-electron chi connectivity index (χ0n) is 10.0. The summed E-state index contributed by atoms with van der Waals surface area (Å²) >= 11 is 1.60. The fourth-order valence-corrected chi connectivity index (χ4v) is 1.99. The summed E-state index contributed by atoms with van der Waals surface area (Å²) in [7, 11) is 1.33. The summed E-state index contributed by atoms with van der Waals surface area (Å²) < 4.78 is 9.56. The number of methoxy groups -OCH3 is 1. The molecule has 0 aliphatic heterocycles. The van der Waals surface area contributed by atoms with Gasteiger partial charge in [-0.25, -0.2) is 0 Å². The van der Waals surface area contributed by atoms with E-state index in [1.165, 1.54) is 7.11 Å². The quantitative estimate of drug-likeness (QED) is 0.570. The molecule has 7 heteroatoms. The van der Waals surface area contributed by atoms with Gasteiger partial charge >= 0.3 is 5.97 Å². The van der Waals surface area contributed by atoms with Crippen molar-refractivity contribution in [1.29, 1.82) is 0 Å². The molecule has 6 nitrogen and oxygen atoms in total. The Morgan fingerprint density at radius 3 is 3.00 bits per heavy atom. The molecule has 1 heterocycles. The van der Waals surface area contributed by atoms with Crippen molar-refractivity contribution in [1.82, 2.24) is 10.1 Å². The third-order valence-electron chi connectivity index (χ3n) is 2.13. The normalized spacial score (nSPS) is 12.4. The Hall–Kier alpha value is -1.08. The van der Waals surface area contributed by atoms with Gasteiger partial charge in [0.05, 0.1) is 12.9 Å². The van der Waals surface area contributed by atoms with Crippen molar-refractivity contribution >= 4 is 17.7 Å². The van der Waals surface area contributed by atoms with E-state index >= 15 is 0 Å². The van der Waals surface area contributed by atoms with Crippen LogP contribution in [-0.2, 0) is 21.7 Å². The van der Waals surface area contributed by atoms with Crippen LogP contribution in [0.1, 0.15) is 25.1 Å². The van der Waals surface area contributed by atoms with Crippen LogP contribution in [-0.4, -0.2) is 35.0 Å². The van der Waals surface area contributed by atoms with Crippen LogP contribution in [0.4, 0.5) is 0 Å². The molecular formula is C10H17N3O3S. The van der Waals surface area contributed by atoms with Crippen LogP contribution in [0.15, 0.2) is 4.52 Å². The van der Waals surface area contributed by atoms with E-state index in [-0.39, 0.29) is 5.97 Å². The van der Waals surface area contributed by atoms with Crippen molar-refractivity contribution in [2.75, 3.05) is 12.9 Å². The van der Waals surface area contributed by atoms with Gasteiger partial charge in [0.15, 0.2) is 5.82 Å². The molecule has 0 aliphatic rings. The summed E-state index contributed by atoms with van der Waals surface area (Å²) in [5.41, 5.74) is 5.59. The van der Waals surface area contributed by atoms with E-state index in [0.29, 0.717) is 23.9 Å². The maximum Gasteiger partial charge on any atom is 0.322 e. The van der Waals surface area contributed by atoms with Crippen molar-refractivity contribution in [2.45, 2.75) is 31.6 Å². The number of carbonyl (C=O) groups is 1. The van der Waals surface area contributed by atoms with Crippen LogP contribution in [0.5, 0.6) is 0 Å². The molecule has 0 radical (unpaired) electrons. The van der Waals surface area contributed by atoms with Crippen molar-refractivity contribution < 1.29 is 14.1 Å². The van der Waals surface area contributed by atoms with E-state index in [4.69, 9.17) is 10.3 Å². The van der Waals surface area contributed by atoms with Crippen LogP contribution < -0.4 is 5.73 Å². The number of esters is 1. The molecule has 0 saturated heterocycles. The average Bonchev–Trinajstić information content (AvgIpc) is 2.81. The van der Waals surface area contributed by atoms with Crippen molar-refractivity contribution in [3.63, 3.8) is 0 Å². The minimum absolute atomic E-state index is 0.378. The van der Waals surface area contributed by atoms with E-state index in [2.05, 4.69) is 14.9 Å². The predicted octanol–water partition coefficient (Wildman–Crippen LogP) is 0.756. The summed E-state index contributed by atoms with van der Waals surface area (Å²) in [4.78, 5) is 15.2. The van der Waals surface area contributed by atoms with Crippen LogP contribution in [0.25, 0.3) is 0 Å². The number of aryl methyl sites for hydroxylation is 1. The monoisotopic (exact) mass is 259 g/mol. The summed E-state index contributed by atoms with van der Waals surface area (Å²) in [6, 6.07) is -0.554. The number of carbonyl (C=O) groups excluding carboxylic acids is 1. The molecular weight excluding hydrogens is 242 g/mol. The lowest BCUT2D eigenvalue weighted by Crippen LogP contribution is -2.31. The number of rotatable bonds is 7. The highest BCUT2D eigenvalue weighted by Crippen LogP contribution is 2.12. The lowest BCUT2D eigenvalue weighted by Gasteiger charge is -2.07. The maximum absolute atomic E-state index is 11.0.